The Labute approximate surface area is 126 Å². The van der Waals surface area contributed by atoms with Crippen molar-refractivity contribution in [3.8, 4) is 0 Å². The Hall–Kier alpha value is -0.670. The van der Waals surface area contributed by atoms with E-state index in [0.717, 1.165) is 25.2 Å². The largest absolute Gasteiger partial charge is 0.382 e. The molecule has 1 aromatic rings. The minimum atomic E-state index is 0.334. The number of hydrogen-bond acceptors (Lipinski definition) is 3. The maximum Gasteiger partial charge on any atom is 0.150 e. The van der Waals surface area contributed by atoms with Crippen molar-refractivity contribution in [2.24, 2.45) is 5.92 Å². The van der Waals surface area contributed by atoms with Gasteiger partial charge in [-0.2, -0.15) is 0 Å². The molecule has 0 aliphatic carbocycles. The Kier molecular flexibility index (Phi) is 6.21. The fourth-order valence-corrected chi connectivity index (χ4v) is 2.67. The number of hydrogen-bond donors (Lipinski definition) is 1. The third-order valence-electron chi connectivity index (χ3n) is 3.16. The Bertz CT molecular complexity index is 417. The zero-order valence-corrected chi connectivity index (χ0v) is 13.6. The molecule has 1 aromatic heterocycles. The summed E-state index contributed by atoms with van der Waals surface area (Å²) in [4.78, 5) is 6.63. The summed E-state index contributed by atoms with van der Waals surface area (Å²) in [6.45, 7) is 9.62. The molecule has 19 heavy (non-hydrogen) atoms. The van der Waals surface area contributed by atoms with Crippen LogP contribution >= 0.6 is 23.2 Å². The first-order chi connectivity index (χ1) is 8.90. The van der Waals surface area contributed by atoms with Gasteiger partial charge in [-0.3, -0.25) is 0 Å². The van der Waals surface area contributed by atoms with E-state index in [2.05, 4.69) is 37.6 Å². The lowest BCUT2D eigenvalue weighted by molar-refractivity contribution is 0.503. The molecule has 2 N–H and O–H groups in total. The molecule has 0 aliphatic heterocycles. The molecular weight excluding hydrogens is 281 g/mol. The predicted molar refractivity (Wildman–Crippen MR) is 85.2 cm³/mol. The van der Waals surface area contributed by atoms with Crippen LogP contribution in [0.15, 0.2) is 6.07 Å². The normalized spacial score (nSPS) is 11.4. The highest BCUT2D eigenvalue weighted by molar-refractivity contribution is 6.37. The van der Waals surface area contributed by atoms with E-state index < -0.39 is 0 Å². The van der Waals surface area contributed by atoms with Gasteiger partial charge in [-0.15, -0.1) is 0 Å². The fourth-order valence-electron chi connectivity index (χ4n) is 2.20. The zero-order chi connectivity index (χ0) is 14.6. The summed E-state index contributed by atoms with van der Waals surface area (Å²) < 4.78 is 0. The highest BCUT2D eigenvalue weighted by Gasteiger charge is 2.21. The van der Waals surface area contributed by atoms with E-state index in [1.165, 1.54) is 0 Å². The van der Waals surface area contributed by atoms with Crippen molar-refractivity contribution in [3.63, 3.8) is 0 Å². The molecule has 0 fully saturated rings. The summed E-state index contributed by atoms with van der Waals surface area (Å²) in [5, 5.41) is 0.967. The van der Waals surface area contributed by atoms with Crippen molar-refractivity contribution in [1.82, 2.24) is 4.98 Å². The average molecular weight is 304 g/mol. The van der Waals surface area contributed by atoms with Gasteiger partial charge >= 0.3 is 0 Å². The van der Waals surface area contributed by atoms with Gasteiger partial charge in [-0.05, 0) is 24.8 Å². The van der Waals surface area contributed by atoms with Gasteiger partial charge in [0.1, 0.15) is 11.6 Å². The van der Waals surface area contributed by atoms with Gasteiger partial charge in [0, 0.05) is 12.6 Å². The van der Waals surface area contributed by atoms with Crippen molar-refractivity contribution in [3.05, 3.63) is 16.1 Å². The molecule has 108 valence electrons. The molecule has 0 radical (unpaired) electrons. The number of halogens is 2. The summed E-state index contributed by atoms with van der Waals surface area (Å²) in [6.07, 6.45) is 2.09. The lowest BCUT2D eigenvalue weighted by Crippen LogP contribution is -2.38. The molecule has 5 heteroatoms. The smallest absolute Gasteiger partial charge is 0.150 e. The van der Waals surface area contributed by atoms with E-state index >= 15 is 0 Å². The predicted octanol–water partition coefficient (Wildman–Crippen LogP) is 4.62. The van der Waals surface area contributed by atoms with E-state index in [1.807, 2.05) is 0 Å². The number of aromatic nitrogens is 1. The van der Waals surface area contributed by atoms with Gasteiger partial charge in [0.15, 0.2) is 0 Å². The van der Waals surface area contributed by atoms with Gasteiger partial charge in [-0.1, -0.05) is 50.9 Å². The number of rotatable bonds is 6. The molecule has 1 rings (SSSR count). The van der Waals surface area contributed by atoms with Crippen LogP contribution in [0.1, 0.15) is 40.5 Å². The molecule has 0 saturated carbocycles. The van der Waals surface area contributed by atoms with Crippen molar-refractivity contribution in [2.45, 2.75) is 46.6 Å². The van der Waals surface area contributed by atoms with E-state index in [1.54, 1.807) is 6.07 Å². The topological polar surface area (TPSA) is 42.2 Å². The van der Waals surface area contributed by atoms with Gasteiger partial charge in [0.2, 0.25) is 0 Å². The Balaban J connectivity index is 3.20. The highest BCUT2D eigenvalue weighted by Crippen LogP contribution is 2.32. The molecule has 0 aliphatic rings. The highest BCUT2D eigenvalue weighted by atomic mass is 35.5. The maximum atomic E-state index is 6.29. The number of nitrogen functional groups attached to an aromatic ring is 1. The molecule has 0 unspecified atom stereocenters. The van der Waals surface area contributed by atoms with E-state index in [4.69, 9.17) is 28.9 Å². The Morgan fingerprint density at radius 2 is 1.79 bits per heavy atom. The first-order valence-corrected chi connectivity index (χ1v) is 7.54. The Morgan fingerprint density at radius 3 is 2.26 bits per heavy atom. The molecule has 0 saturated heterocycles. The molecule has 0 spiro atoms. The lowest BCUT2D eigenvalue weighted by atomic mass is 10.1. The lowest BCUT2D eigenvalue weighted by Gasteiger charge is -2.33. The molecular formula is C14H23Cl2N3. The van der Waals surface area contributed by atoms with Crippen molar-refractivity contribution in [1.29, 1.82) is 0 Å². The second kappa shape index (κ2) is 7.20. The first-order valence-electron chi connectivity index (χ1n) is 6.78. The molecule has 0 amide bonds. The van der Waals surface area contributed by atoms with Crippen LogP contribution in [-0.2, 0) is 0 Å². The van der Waals surface area contributed by atoms with Crippen molar-refractivity contribution in [2.75, 3.05) is 17.2 Å². The van der Waals surface area contributed by atoms with Crippen LogP contribution in [0.4, 0.5) is 11.6 Å². The third-order valence-corrected chi connectivity index (χ3v) is 3.74. The molecule has 1 heterocycles. The van der Waals surface area contributed by atoms with Crippen LogP contribution in [0.2, 0.25) is 10.0 Å². The number of nitrogens with zero attached hydrogens (tertiary/aromatic N) is 2. The number of anilines is 2. The fraction of sp³-hybridized carbons (Fsp3) is 0.643. The van der Waals surface area contributed by atoms with Crippen LogP contribution in [0.5, 0.6) is 0 Å². The summed E-state index contributed by atoms with van der Waals surface area (Å²) in [6, 6.07) is 2.09. The van der Waals surface area contributed by atoms with Crippen LogP contribution in [0, 0.1) is 5.92 Å². The number of pyridine rings is 1. The van der Waals surface area contributed by atoms with E-state index in [0.29, 0.717) is 27.8 Å². The van der Waals surface area contributed by atoms with Gasteiger partial charge in [-0.25, -0.2) is 4.98 Å². The molecule has 3 nitrogen and oxygen atoms in total. The zero-order valence-electron chi connectivity index (χ0n) is 12.1. The third kappa shape index (κ3) is 4.15. The second-order valence-electron chi connectivity index (χ2n) is 5.18. The van der Waals surface area contributed by atoms with Gasteiger partial charge < -0.3 is 10.6 Å². The van der Waals surface area contributed by atoms with Crippen LogP contribution < -0.4 is 10.6 Å². The van der Waals surface area contributed by atoms with Crippen molar-refractivity contribution < 1.29 is 0 Å². The van der Waals surface area contributed by atoms with Crippen LogP contribution in [0.3, 0.4) is 0 Å². The number of nitrogens with two attached hydrogens (primary N) is 1. The van der Waals surface area contributed by atoms with E-state index in [-0.39, 0.29) is 0 Å². The second-order valence-corrected chi connectivity index (χ2v) is 5.99. The summed E-state index contributed by atoms with van der Waals surface area (Å²) >= 11 is 12.2. The molecule has 0 bridgehead atoms. The van der Waals surface area contributed by atoms with Crippen LogP contribution in [-0.4, -0.2) is 17.6 Å². The van der Waals surface area contributed by atoms with Gasteiger partial charge in [0.05, 0.1) is 10.0 Å². The monoisotopic (exact) mass is 303 g/mol. The standard InChI is InChI=1S/C14H23Cl2N3/c1-5-10(6-2)19(8-9(3)4)14-12(16)7-11(15)13(17)18-14/h7,9-10H,5-6,8H2,1-4H3,(H2,17,18). The summed E-state index contributed by atoms with van der Waals surface area (Å²) in [5.74, 6) is 1.60. The summed E-state index contributed by atoms with van der Waals surface area (Å²) in [7, 11) is 0. The van der Waals surface area contributed by atoms with Gasteiger partial charge in [0.25, 0.3) is 0 Å². The van der Waals surface area contributed by atoms with E-state index in [9.17, 15) is 0 Å². The first kappa shape index (κ1) is 16.4. The minimum absolute atomic E-state index is 0.334. The van der Waals surface area contributed by atoms with Crippen LogP contribution in [0.25, 0.3) is 0 Å². The summed E-state index contributed by atoms with van der Waals surface area (Å²) in [5.41, 5.74) is 5.81. The SMILES string of the molecule is CCC(CC)N(CC(C)C)c1nc(N)c(Cl)cc1Cl. The minimum Gasteiger partial charge on any atom is -0.382 e. The molecule has 0 aromatic carbocycles. The maximum absolute atomic E-state index is 6.29. The Morgan fingerprint density at radius 1 is 1.21 bits per heavy atom. The van der Waals surface area contributed by atoms with Crippen molar-refractivity contribution >= 4 is 34.8 Å². The molecule has 0 atom stereocenters. The average Bonchev–Trinajstić information content (AvgIpc) is 2.33. The quantitative estimate of drug-likeness (QED) is 0.833.